The van der Waals surface area contributed by atoms with Crippen LogP contribution >= 0.6 is 0 Å². The van der Waals surface area contributed by atoms with E-state index in [0.717, 1.165) is 0 Å². The fourth-order valence-corrected chi connectivity index (χ4v) is 1.19. The van der Waals surface area contributed by atoms with Crippen molar-refractivity contribution < 1.29 is 15.1 Å². The summed E-state index contributed by atoms with van der Waals surface area (Å²) in [6.45, 7) is 1.47. The number of phenols is 2. The third-order valence-electron chi connectivity index (χ3n) is 1.85. The molecule has 1 unspecified atom stereocenters. The van der Waals surface area contributed by atoms with Gasteiger partial charge in [-0.2, -0.15) is 0 Å². The molecule has 0 saturated carbocycles. The molecular formula is C9H11NO4. The van der Waals surface area contributed by atoms with Crippen LogP contribution in [0.3, 0.4) is 0 Å². The molecule has 0 radical (unpaired) electrons. The van der Waals surface area contributed by atoms with E-state index in [1.54, 1.807) is 0 Å². The quantitative estimate of drug-likeness (QED) is 0.565. The molecule has 0 saturated heterocycles. The average molecular weight is 197 g/mol. The number of hydrogen-bond donors (Lipinski definition) is 2. The number of benzene rings is 1. The highest BCUT2D eigenvalue weighted by Crippen LogP contribution is 2.21. The molecule has 14 heavy (non-hydrogen) atoms. The number of nitro groups is 1. The number of phenolic OH excluding ortho intramolecular Hbond substituents is 2. The molecule has 1 aromatic carbocycles. The molecule has 76 valence electrons. The number of hydrogen-bond acceptors (Lipinski definition) is 4. The van der Waals surface area contributed by atoms with Gasteiger partial charge in [-0.15, -0.1) is 0 Å². The highest BCUT2D eigenvalue weighted by Gasteiger charge is 2.14. The van der Waals surface area contributed by atoms with Gasteiger partial charge in [0, 0.05) is 24.3 Å². The summed E-state index contributed by atoms with van der Waals surface area (Å²) in [5, 5.41) is 28.6. The lowest BCUT2D eigenvalue weighted by atomic mass is 10.1. The van der Waals surface area contributed by atoms with Crippen molar-refractivity contribution in [1.82, 2.24) is 0 Å². The molecule has 5 nitrogen and oxygen atoms in total. The summed E-state index contributed by atoms with van der Waals surface area (Å²) < 4.78 is 0. The molecule has 2 N–H and O–H groups in total. The Bertz CT molecular complexity index is 330. The molecule has 0 aliphatic heterocycles. The topological polar surface area (TPSA) is 83.6 Å². The molecular weight excluding hydrogens is 186 g/mol. The van der Waals surface area contributed by atoms with Crippen LogP contribution < -0.4 is 0 Å². The van der Waals surface area contributed by atoms with E-state index in [2.05, 4.69) is 0 Å². The van der Waals surface area contributed by atoms with E-state index in [4.69, 9.17) is 10.2 Å². The minimum Gasteiger partial charge on any atom is -0.508 e. The van der Waals surface area contributed by atoms with Gasteiger partial charge in [-0.3, -0.25) is 10.1 Å². The van der Waals surface area contributed by atoms with E-state index in [0.29, 0.717) is 5.56 Å². The Morgan fingerprint density at radius 3 is 2.29 bits per heavy atom. The predicted octanol–water partition coefficient (Wildman–Crippen LogP) is 1.31. The smallest absolute Gasteiger partial charge is 0.214 e. The van der Waals surface area contributed by atoms with Gasteiger partial charge in [0.1, 0.15) is 11.5 Å². The lowest BCUT2D eigenvalue weighted by molar-refractivity contribution is -0.517. The van der Waals surface area contributed by atoms with Gasteiger partial charge in [0.15, 0.2) is 0 Å². The molecule has 0 aliphatic rings. The largest absolute Gasteiger partial charge is 0.508 e. The lowest BCUT2D eigenvalue weighted by Gasteiger charge is -2.05. The second kappa shape index (κ2) is 3.95. The van der Waals surface area contributed by atoms with Crippen molar-refractivity contribution in [2.75, 3.05) is 0 Å². The summed E-state index contributed by atoms with van der Waals surface area (Å²) in [6.07, 6.45) is 0.189. The maximum absolute atomic E-state index is 10.4. The maximum atomic E-state index is 10.4. The molecule has 0 heterocycles. The van der Waals surface area contributed by atoms with E-state index >= 15 is 0 Å². The zero-order valence-corrected chi connectivity index (χ0v) is 7.67. The fraction of sp³-hybridized carbons (Fsp3) is 0.333. The Balaban J connectivity index is 2.81. The predicted molar refractivity (Wildman–Crippen MR) is 49.9 cm³/mol. The van der Waals surface area contributed by atoms with Crippen LogP contribution in [0, 0.1) is 10.1 Å². The second-order valence-corrected chi connectivity index (χ2v) is 3.20. The Labute approximate surface area is 80.8 Å². The summed E-state index contributed by atoms with van der Waals surface area (Å²) in [5.41, 5.74) is 0.548. The number of aromatic hydroxyl groups is 2. The molecule has 0 fully saturated rings. The van der Waals surface area contributed by atoms with E-state index in [-0.39, 0.29) is 17.9 Å². The summed E-state index contributed by atoms with van der Waals surface area (Å²) in [7, 11) is 0. The Kier molecular flexibility index (Phi) is 2.91. The zero-order valence-electron chi connectivity index (χ0n) is 7.67. The second-order valence-electron chi connectivity index (χ2n) is 3.20. The molecule has 0 bridgehead atoms. The van der Waals surface area contributed by atoms with Crippen molar-refractivity contribution in [3.8, 4) is 11.5 Å². The first kappa shape index (κ1) is 10.3. The van der Waals surface area contributed by atoms with E-state index in [1.165, 1.54) is 25.1 Å². The maximum Gasteiger partial charge on any atom is 0.214 e. The highest BCUT2D eigenvalue weighted by molar-refractivity contribution is 5.36. The van der Waals surface area contributed by atoms with Crippen molar-refractivity contribution in [1.29, 1.82) is 0 Å². The standard InChI is InChI=1S/C9H11NO4/c1-6(10(13)14)2-7-3-8(11)5-9(12)4-7/h3-6,11-12H,2H2,1H3. The van der Waals surface area contributed by atoms with Crippen LogP contribution in [0.5, 0.6) is 11.5 Å². The number of nitrogens with zero attached hydrogens (tertiary/aromatic N) is 1. The van der Waals surface area contributed by atoms with Gasteiger partial charge in [-0.1, -0.05) is 0 Å². The molecule has 0 aromatic heterocycles. The van der Waals surface area contributed by atoms with Crippen molar-refractivity contribution in [2.24, 2.45) is 0 Å². The van der Waals surface area contributed by atoms with Gasteiger partial charge < -0.3 is 10.2 Å². The minimum absolute atomic E-state index is 0.0875. The van der Waals surface area contributed by atoms with E-state index in [9.17, 15) is 10.1 Å². The molecule has 0 amide bonds. The van der Waals surface area contributed by atoms with Crippen LogP contribution in [0.1, 0.15) is 12.5 Å². The van der Waals surface area contributed by atoms with Crippen molar-refractivity contribution in [3.05, 3.63) is 33.9 Å². The van der Waals surface area contributed by atoms with Gasteiger partial charge in [0.05, 0.1) is 0 Å². The monoisotopic (exact) mass is 197 g/mol. The van der Waals surface area contributed by atoms with E-state index in [1.807, 2.05) is 0 Å². The third kappa shape index (κ3) is 2.62. The normalized spacial score (nSPS) is 12.4. The van der Waals surface area contributed by atoms with Crippen LogP contribution in [0.2, 0.25) is 0 Å². The average Bonchev–Trinajstić information content (AvgIpc) is 2.01. The van der Waals surface area contributed by atoms with E-state index < -0.39 is 11.0 Å². The zero-order chi connectivity index (χ0) is 10.7. The highest BCUT2D eigenvalue weighted by atomic mass is 16.6. The van der Waals surface area contributed by atoms with Gasteiger partial charge >= 0.3 is 0 Å². The first-order valence-corrected chi connectivity index (χ1v) is 4.14. The van der Waals surface area contributed by atoms with Crippen molar-refractivity contribution in [2.45, 2.75) is 19.4 Å². The van der Waals surface area contributed by atoms with Gasteiger partial charge in [-0.25, -0.2) is 0 Å². The summed E-state index contributed by atoms with van der Waals surface area (Å²) >= 11 is 0. The SMILES string of the molecule is CC(Cc1cc(O)cc(O)c1)[N+](=O)[O-]. The first-order valence-electron chi connectivity index (χ1n) is 4.14. The van der Waals surface area contributed by atoms with Gasteiger partial charge in [-0.05, 0) is 17.7 Å². The molecule has 1 rings (SSSR count). The third-order valence-corrected chi connectivity index (χ3v) is 1.85. The van der Waals surface area contributed by atoms with Crippen molar-refractivity contribution in [3.63, 3.8) is 0 Å². The van der Waals surface area contributed by atoms with Crippen LogP contribution in [-0.2, 0) is 6.42 Å². The van der Waals surface area contributed by atoms with Crippen LogP contribution in [0.15, 0.2) is 18.2 Å². The fourth-order valence-electron chi connectivity index (χ4n) is 1.19. The van der Waals surface area contributed by atoms with Crippen molar-refractivity contribution >= 4 is 0 Å². The molecule has 0 aliphatic carbocycles. The summed E-state index contributed by atoms with van der Waals surface area (Å²) in [4.78, 5) is 9.95. The Morgan fingerprint density at radius 2 is 1.86 bits per heavy atom. The van der Waals surface area contributed by atoms with Crippen LogP contribution in [-0.4, -0.2) is 21.2 Å². The van der Waals surface area contributed by atoms with Crippen LogP contribution in [0.4, 0.5) is 0 Å². The van der Waals surface area contributed by atoms with Gasteiger partial charge in [0.2, 0.25) is 6.04 Å². The minimum atomic E-state index is -0.726. The summed E-state index contributed by atoms with van der Waals surface area (Å²) in [6, 6.07) is 3.26. The molecule has 1 atom stereocenters. The molecule has 1 aromatic rings. The molecule has 0 spiro atoms. The van der Waals surface area contributed by atoms with Crippen LogP contribution in [0.25, 0.3) is 0 Å². The first-order chi connectivity index (χ1) is 6.49. The summed E-state index contributed by atoms with van der Waals surface area (Å²) in [5.74, 6) is -0.175. The van der Waals surface area contributed by atoms with Gasteiger partial charge in [0.25, 0.3) is 0 Å². The molecule has 5 heteroatoms. The number of rotatable bonds is 3. The lowest BCUT2D eigenvalue weighted by Crippen LogP contribution is -2.17. The Hall–Kier alpha value is -1.78. The Morgan fingerprint density at radius 1 is 1.36 bits per heavy atom.